The maximum absolute atomic E-state index is 14.7. The van der Waals surface area contributed by atoms with E-state index in [1.54, 1.807) is 30.3 Å². The number of hydrogen-bond acceptors (Lipinski definition) is 4. The highest BCUT2D eigenvalue weighted by Crippen LogP contribution is 2.25. The van der Waals surface area contributed by atoms with E-state index < -0.39 is 0 Å². The molecule has 4 rings (SSSR count). The molecule has 1 saturated heterocycles. The van der Waals surface area contributed by atoms with Gasteiger partial charge in [-0.2, -0.15) is 0 Å². The molecule has 1 fully saturated rings. The van der Waals surface area contributed by atoms with Crippen molar-refractivity contribution in [1.29, 1.82) is 0 Å². The number of fused-ring (bicyclic) bond motifs is 1. The second-order valence-electron chi connectivity index (χ2n) is 6.90. The van der Waals surface area contributed by atoms with E-state index in [0.29, 0.717) is 37.3 Å². The fourth-order valence-electron chi connectivity index (χ4n) is 3.50. The van der Waals surface area contributed by atoms with Crippen LogP contribution in [0, 0.1) is 5.82 Å². The Balaban J connectivity index is 0.00000225. The molecular formula is C21H24ClFN2O3. The van der Waals surface area contributed by atoms with Crippen LogP contribution in [0.3, 0.4) is 0 Å². The van der Waals surface area contributed by atoms with Gasteiger partial charge >= 0.3 is 0 Å². The largest absolute Gasteiger partial charge is 0.490 e. The first-order chi connectivity index (χ1) is 13.2. The molecule has 150 valence electrons. The predicted octanol–water partition coefficient (Wildman–Crippen LogP) is 3.70. The molecule has 5 nitrogen and oxygen atoms in total. The second-order valence-corrected chi connectivity index (χ2v) is 6.90. The summed E-state index contributed by atoms with van der Waals surface area (Å²) in [5.74, 6) is 0.0631. The number of carbonyl (C=O) groups is 1. The Morgan fingerprint density at radius 2 is 1.89 bits per heavy atom. The minimum atomic E-state index is -0.333. The lowest BCUT2D eigenvalue weighted by Gasteiger charge is -2.23. The van der Waals surface area contributed by atoms with Crippen LogP contribution in [-0.4, -0.2) is 31.8 Å². The molecule has 28 heavy (non-hydrogen) atoms. The smallest absolute Gasteiger partial charge is 0.255 e. The van der Waals surface area contributed by atoms with Crippen LogP contribution in [-0.2, 0) is 17.7 Å². The lowest BCUT2D eigenvalue weighted by molar-refractivity contribution is 0.0256. The topological polar surface area (TPSA) is 59.6 Å². The van der Waals surface area contributed by atoms with Crippen molar-refractivity contribution in [3.05, 3.63) is 58.9 Å². The lowest BCUT2D eigenvalue weighted by Crippen LogP contribution is -2.26. The summed E-state index contributed by atoms with van der Waals surface area (Å²) in [6.45, 7) is 2.84. The fraction of sp³-hybridized carbons (Fsp3) is 0.381. The van der Waals surface area contributed by atoms with Gasteiger partial charge in [0.1, 0.15) is 17.7 Å². The number of benzene rings is 2. The quantitative estimate of drug-likeness (QED) is 0.812. The molecule has 2 aromatic rings. The molecule has 0 radical (unpaired) electrons. The number of hydrogen-bond donors (Lipinski definition) is 2. The molecule has 0 aliphatic carbocycles. The van der Waals surface area contributed by atoms with Crippen LogP contribution in [0.4, 0.5) is 10.1 Å². The van der Waals surface area contributed by atoms with E-state index in [1.807, 2.05) is 6.07 Å². The van der Waals surface area contributed by atoms with Gasteiger partial charge in [0.25, 0.3) is 5.91 Å². The zero-order chi connectivity index (χ0) is 18.6. The summed E-state index contributed by atoms with van der Waals surface area (Å²) in [5, 5.41) is 5.90. The van der Waals surface area contributed by atoms with Crippen molar-refractivity contribution in [2.75, 3.05) is 25.1 Å². The van der Waals surface area contributed by atoms with Gasteiger partial charge in [-0.1, -0.05) is 6.07 Å². The van der Waals surface area contributed by atoms with Crippen LogP contribution in [0.1, 0.15) is 34.3 Å². The number of ether oxygens (including phenoxy) is 2. The van der Waals surface area contributed by atoms with Gasteiger partial charge < -0.3 is 20.1 Å². The van der Waals surface area contributed by atoms with Crippen molar-refractivity contribution in [3.63, 3.8) is 0 Å². The molecule has 2 heterocycles. The molecule has 0 atom stereocenters. The summed E-state index contributed by atoms with van der Waals surface area (Å²) in [4.78, 5) is 12.5. The Morgan fingerprint density at radius 1 is 1.14 bits per heavy atom. The van der Waals surface area contributed by atoms with Crippen LogP contribution in [0.25, 0.3) is 0 Å². The van der Waals surface area contributed by atoms with Gasteiger partial charge in [0, 0.05) is 24.9 Å². The normalized spacial score (nSPS) is 16.6. The summed E-state index contributed by atoms with van der Waals surface area (Å²) in [6, 6.07) is 10.4. The highest BCUT2D eigenvalue weighted by atomic mass is 35.5. The maximum Gasteiger partial charge on any atom is 0.255 e. The van der Waals surface area contributed by atoms with Crippen LogP contribution < -0.4 is 15.4 Å². The van der Waals surface area contributed by atoms with E-state index in [0.717, 1.165) is 30.7 Å². The number of halogens is 2. The third kappa shape index (κ3) is 4.63. The molecule has 2 aromatic carbocycles. The minimum absolute atomic E-state index is 0. The molecular weight excluding hydrogens is 383 g/mol. The Kier molecular flexibility index (Phi) is 6.88. The average molecular weight is 407 g/mol. The Bertz CT molecular complexity index is 823. The molecule has 0 saturated carbocycles. The minimum Gasteiger partial charge on any atom is -0.490 e. The van der Waals surface area contributed by atoms with E-state index >= 15 is 0 Å². The van der Waals surface area contributed by atoms with Crippen LogP contribution in [0.5, 0.6) is 5.75 Å². The standard InChI is InChI=1S/C21H23FN2O3.ClH/c22-20-18-7-10-23-13-15(18)3-6-19(20)24-21(25)14-1-4-16(5-2-14)27-17-8-11-26-12-9-17;/h1-6,17,23H,7-13H2,(H,24,25);1H. The summed E-state index contributed by atoms with van der Waals surface area (Å²) in [5.41, 5.74) is 2.33. The van der Waals surface area contributed by atoms with Gasteiger partial charge in [-0.05, 0) is 54.4 Å². The van der Waals surface area contributed by atoms with Crippen molar-refractivity contribution in [3.8, 4) is 5.75 Å². The van der Waals surface area contributed by atoms with Gasteiger partial charge in [-0.15, -0.1) is 12.4 Å². The lowest BCUT2D eigenvalue weighted by atomic mass is 9.99. The zero-order valence-corrected chi connectivity index (χ0v) is 16.3. The molecule has 0 unspecified atom stereocenters. The molecule has 0 spiro atoms. The third-order valence-corrected chi connectivity index (χ3v) is 5.04. The van der Waals surface area contributed by atoms with Crippen molar-refractivity contribution < 1.29 is 18.7 Å². The molecule has 0 aromatic heterocycles. The second kappa shape index (κ2) is 9.37. The average Bonchev–Trinajstić information content (AvgIpc) is 2.71. The van der Waals surface area contributed by atoms with Crippen molar-refractivity contribution in [1.82, 2.24) is 5.32 Å². The van der Waals surface area contributed by atoms with Crippen LogP contribution in [0.15, 0.2) is 36.4 Å². The first-order valence-corrected chi connectivity index (χ1v) is 9.37. The highest BCUT2D eigenvalue weighted by molar-refractivity contribution is 6.04. The summed E-state index contributed by atoms with van der Waals surface area (Å²) in [7, 11) is 0. The predicted molar refractivity (Wildman–Crippen MR) is 108 cm³/mol. The number of amides is 1. The van der Waals surface area contributed by atoms with Crippen molar-refractivity contribution >= 4 is 24.0 Å². The molecule has 2 aliphatic heterocycles. The van der Waals surface area contributed by atoms with Gasteiger partial charge in [0.15, 0.2) is 0 Å². The summed E-state index contributed by atoms with van der Waals surface area (Å²) >= 11 is 0. The Labute approximate surface area is 170 Å². The molecule has 2 N–H and O–H groups in total. The van der Waals surface area contributed by atoms with E-state index in [9.17, 15) is 9.18 Å². The Morgan fingerprint density at radius 3 is 2.64 bits per heavy atom. The van der Waals surface area contributed by atoms with Crippen molar-refractivity contribution in [2.24, 2.45) is 0 Å². The van der Waals surface area contributed by atoms with Gasteiger partial charge in [-0.25, -0.2) is 4.39 Å². The van der Waals surface area contributed by atoms with E-state index in [-0.39, 0.29) is 35.9 Å². The fourth-order valence-corrected chi connectivity index (χ4v) is 3.50. The first kappa shape index (κ1) is 20.6. The number of nitrogens with one attached hydrogen (secondary N) is 2. The van der Waals surface area contributed by atoms with Crippen LogP contribution in [0.2, 0.25) is 0 Å². The number of rotatable bonds is 4. The van der Waals surface area contributed by atoms with Gasteiger partial charge in [0.2, 0.25) is 0 Å². The number of anilines is 1. The van der Waals surface area contributed by atoms with Crippen LogP contribution >= 0.6 is 12.4 Å². The molecule has 1 amide bonds. The van der Waals surface area contributed by atoms with Crippen molar-refractivity contribution in [2.45, 2.75) is 31.9 Å². The van der Waals surface area contributed by atoms with E-state index in [1.165, 1.54) is 0 Å². The summed E-state index contributed by atoms with van der Waals surface area (Å²) in [6.07, 6.45) is 2.52. The van der Waals surface area contributed by atoms with Gasteiger partial charge in [-0.3, -0.25) is 4.79 Å². The first-order valence-electron chi connectivity index (χ1n) is 9.37. The molecule has 7 heteroatoms. The maximum atomic E-state index is 14.7. The third-order valence-electron chi connectivity index (χ3n) is 5.04. The zero-order valence-electron chi connectivity index (χ0n) is 15.5. The highest BCUT2D eigenvalue weighted by Gasteiger charge is 2.18. The monoisotopic (exact) mass is 406 g/mol. The van der Waals surface area contributed by atoms with E-state index in [2.05, 4.69) is 10.6 Å². The van der Waals surface area contributed by atoms with Gasteiger partial charge in [0.05, 0.1) is 18.9 Å². The van der Waals surface area contributed by atoms with E-state index in [4.69, 9.17) is 9.47 Å². The molecule has 0 bridgehead atoms. The number of carbonyl (C=O) groups excluding carboxylic acids is 1. The molecule has 2 aliphatic rings. The Hall–Kier alpha value is -2.15. The SMILES string of the molecule is Cl.O=C(Nc1ccc2c(c1F)CCNC2)c1ccc(OC2CCOCC2)cc1. The summed E-state index contributed by atoms with van der Waals surface area (Å²) < 4.78 is 25.9.